The number of para-hydroxylation sites is 2. The van der Waals surface area contributed by atoms with Crippen LogP contribution in [0.3, 0.4) is 0 Å². The average molecular weight is 452 g/mol. The first kappa shape index (κ1) is 25.3. The number of likely N-dealkylation sites (N-methyl/N-ethyl adjacent to an activating group) is 1. The number of hydrogen-bond donors (Lipinski definition) is 1. The van der Waals surface area contributed by atoms with Gasteiger partial charge in [-0.1, -0.05) is 18.2 Å². The van der Waals surface area contributed by atoms with Gasteiger partial charge in [-0.3, -0.25) is 9.59 Å². The van der Waals surface area contributed by atoms with Crippen LogP contribution >= 0.6 is 0 Å². The van der Waals surface area contributed by atoms with Crippen LogP contribution in [0.25, 0.3) is 6.08 Å². The molecule has 0 aromatic heterocycles. The largest absolute Gasteiger partial charge is 0.492 e. The van der Waals surface area contributed by atoms with Crippen molar-refractivity contribution in [3.63, 3.8) is 0 Å². The van der Waals surface area contributed by atoms with E-state index in [4.69, 9.17) is 14.2 Å². The quantitative estimate of drug-likeness (QED) is 0.435. The number of benzene rings is 2. The van der Waals surface area contributed by atoms with E-state index in [2.05, 4.69) is 5.32 Å². The van der Waals surface area contributed by atoms with Crippen molar-refractivity contribution in [3.8, 4) is 23.3 Å². The maximum atomic E-state index is 12.7. The molecule has 8 heteroatoms. The Morgan fingerprint density at radius 1 is 1.06 bits per heavy atom. The minimum atomic E-state index is -0.702. The van der Waals surface area contributed by atoms with Crippen molar-refractivity contribution in [2.45, 2.75) is 26.9 Å². The molecule has 0 bridgehead atoms. The zero-order valence-corrected chi connectivity index (χ0v) is 19.5. The lowest BCUT2D eigenvalue weighted by Crippen LogP contribution is -2.35. The molecule has 33 heavy (non-hydrogen) atoms. The summed E-state index contributed by atoms with van der Waals surface area (Å²) in [4.78, 5) is 26.3. The Morgan fingerprint density at radius 2 is 1.73 bits per heavy atom. The monoisotopic (exact) mass is 451 g/mol. The van der Waals surface area contributed by atoms with E-state index in [0.717, 1.165) is 0 Å². The summed E-state index contributed by atoms with van der Waals surface area (Å²) >= 11 is 0. The normalized spacial score (nSPS) is 11.7. The maximum Gasteiger partial charge on any atom is 0.266 e. The number of carbonyl (C=O) groups is 2. The van der Waals surface area contributed by atoms with Gasteiger partial charge in [-0.15, -0.1) is 0 Å². The molecular weight excluding hydrogens is 422 g/mol. The highest BCUT2D eigenvalue weighted by molar-refractivity contribution is 6.10. The zero-order valence-electron chi connectivity index (χ0n) is 19.5. The third kappa shape index (κ3) is 7.01. The molecule has 0 radical (unpaired) electrons. The van der Waals surface area contributed by atoms with Gasteiger partial charge in [-0.2, -0.15) is 5.26 Å². The molecule has 0 fully saturated rings. The van der Waals surface area contributed by atoms with Gasteiger partial charge >= 0.3 is 0 Å². The number of anilines is 1. The van der Waals surface area contributed by atoms with Crippen LogP contribution in [0, 0.1) is 11.3 Å². The molecule has 2 amide bonds. The third-order valence-electron chi connectivity index (χ3n) is 4.47. The molecule has 1 atom stereocenters. The van der Waals surface area contributed by atoms with E-state index in [0.29, 0.717) is 41.7 Å². The number of carbonyl (C=O) groups excluding carboxylic acids is 2. The third-order valence-corrected chi connectivity index (χ3v) is 4.47. The molecule has 1 unspecified atom stereocenters. The topological polar surface area (TPSA) is 101 Å². The van der Waals surface area contributed by atoms with Crippen LogP contribution in [0.15, 0.2) is 48.0 Å². The maximum absolute atomic E-state index is 12.7. The molecule has 1 N–H and O–H groups in total. The first-order valence-corrected chi connectivity index (χ1v) is 10.6. The minimum Gasteiger partial charge on any atom is -0.492 e. The summed E-state index contributed by atoms with van der Waals surface area (Å²) in [5.41, 5.74) is 0.958. The standard InChI is InChI=1S/C25H29N3O5/c1-6-31-21-11-9-8-10-20(21)27-24(29)19(16-26)14-18-12-13-22(23(15-18)32-7-2)33-17(3)25(30)28(4)5/h8-15,17H,6-7H2,1-5H3,(H,27,29)/b19-14+. The van der Waals surface area contributed by atoms with Gasteiger partial charge in [0.2, 0.25) is 0 Å². The van der Waals surface area contributed by atoms with Crippen molar-refractivity contribution < 1.29 is 23.8 Å². The van der Waals surface area contributed by atoms with Crippen LogP contribution in [-0.2, 0) is 9.59 Å². The highest BCUT2D eigenvalue weighted by Crippen LogP contribution is 2.31. The van der Waals surface area contributed by atoms with Gasteiger partial charge in [0.15, 0.2) is 17.6 Å². The van der Waals surface area contributed by atoms with Crippen LogP contribution in [0.1, 0.15) is 26.3 Å². The van der Waals surface area contributed by atoms with Gasteiger partial charge in [-0.05, 0) is 56.7 Å². The molecule has 0 heterocycles. The van der Waals surface area contributed by atoms with Crippen molar-refractivity contribution in [1.29, 1.82) is 5.26 Å². The molecule has 0 spiro atoms. The van der Waals surface area contributed by atoms with Crippen molar-refractivity contribution >= 4 is 23.6 Å². The second-order valence-corrected chi connectivity index (χ2v) is 7.19. The summed E-state index contributed by atoms with van der Waals surface area (Å²) in [7, 11) is 3.31. The van der Waals surface area contributed by atoms with Crippen LogP contribution in [0.5, 0.6) is 17.2 Å². The van der Waals surface area contributed by atoms with Crippen molar-refractivity contribution in [1.82, 2.24) is 4.90 Å². The predicted molar refractivity (Wildman–Crippen MR) is 126 cm³/mol. The van der Waals surface area contributed by atoms with Crippen LogP contribution < -0.4 is 19.5 Å². The summed E-state index contributed by atoms with van der Waals surface area (Å²) < 4.78 is 16.9. The molecular formula is C25H29N3O5. The highest BCUT2D eigenvalue weighted by Gasteiger charge is 2.19. The number of rotatable bonds is 10. The van der Waals surface area contributed by atoms with E-state index in [1.807, 2.05) is 19.9 Å². The Labute approximate surface area is 194 Å². The zero-order chi connectivity index (χ0) is 24.4. The number of ether oxygens (including phenoxy) is 3. The van der Waals surface area contributed by atoms with Gasteiger partial charge < -0.3 is 24.4 Å². The molecule has 0 aliphatic heterocycles. The fourth-order valence-electron chi connectivity index (χ4n) is 2.94. The first-order valence-electron chi connectivity index (χ1n) is 10.6. The van der Waals surface area contributed by atoms with E-state index in [9.17, 15) is 14.9 Å². The smallest absolute Gasteiger partial charge is 0.266 e. The molecule has 0 saturated heterocycles. The Balaban J connectivity index is 2.28. The SMILES string of the molecule is CCOc1ccccc1NC(=O)/C(C#N)=C/c1ccc(OC(C)C(=O)N(C)C)c(OCC)c1. The number of amides is 2. The summed E-state index contributed by atoms with van der Waals surface area (Å²) in [5.74, 6) is 0.576. The Kier molecular flexibility index (Phi) is 9.30. The van der Waals surface area contributed by atoms with E-state index in [-0.39, 0.29) is 11.5 Å². The molecule has 0 aliphatic carbocycles. The number of nitriles is 1. The van der Waals surface area contributed by atoms with Gasteiger partial charge in [0.25, 0.3) is 11.8 Å². The summed E-state index contributed by atoms with van der Waals surface area (Å²) in [6.45, 7) is 6.15. The second-order valence-electron chi connectivity index (χ2n) is 7.19. The fraction of sp³-hybridized carbons (Fsp3) is 0.320. The van der Waals surface area contributed by atoms with Crippen LogP contribution in [0.2, 0.25) is 0 Å². The molecule has 0 aliphatic rings. The lowest BCUT2D eigenvalue weighted by Gasteiger charge is -2.20. The molecule has 0 saturated carbocycles. The van der Waals surface area contributed by atoms with Gasteiger partial charge in [0, 0.05) is 14.1 Å². The van der Waals surface area contributed by atoms with Gasteiger partial charge in [0.1, 0.15) is 17.4 Å². The van der Waals surface area contributed by atoms with E-state index in [1.165, 1.54) is 11.0 Å². The summed E-state index contributed by atoms with van der Waals surface area (Å²) in [5, 5.41) is 12.3. The Bertz CT molecular complexity index is 1060. The van der Waals surface area contributed by atoms with Crippen LogP contribution in [0.4, 0.5) is 5.69 Å². The van der Waals surface area contributed by atoms with Gasteiger partial charge in [-0.25, -0.2) is 0 Å². The number of hydrogen-bond acceptors (Lipinski definition) is 6. The fourth-order valence-corrected chi connectivity index (χ4v) is 2.94. The van der Waals surface area contributed by atoms with Crippen molar-refractivity contribution in [3.05, 3.63) is 53.6 Å². The number of nitrogens with zero attached hydrogens (tertiary/aromatic N) is 2. The lowest BCUT2D eigenvalue weighted by atomic mass is 10.1. The first-order chi connectivity index (χ1) is 15.8. The highest BCUT2D eigenvalue weighted by atomic mass is 16.5. The Morgan fingerprint density at radius 3 is 2.36 bits per heavy atom. The Hall–Kier alpha value is -3.99. The minimum absolute atomic E-state index is 0.0893. The van der Waals surface area contributed by atoms with Gasteiger partial charge in [0.05, 0.1) is 18.9 Å². The average Bonchev–Trinajstić information content (AvgIpc) is 2.79. The van der Waals surface area contributed by atoms with E-state index < -0.39 is 12.0 Å². The number of nitrogens with one attached hydrogen (secondary N) is 1. The van der Waals surface area contributed by atoms with E-state index >= 15 is 0 Å². The lowest BCUT2D eigenvalue weighted by molar-refractivity contribution is -0.135. The molecule has 2 rings (SSSR count). The second kappa shape index (κ2) is 12.2. The molecule has 2 aromatic rings. The van der Waals surface area contributed by atoms with Crippen molar-refractivity contribution in [2.24, 2.45) is 0 Å². The molecule has 174 valence electrons. The summed E-state index contributed by atoms with van der Waals surface area (Å²) in [6, 6.07) is 13.9. The molecule has 2 aromatic carbocycles. The predicted octanol–water partition coefficient (Wildman–Crippen LogP) is 3.89. The summed E-state index contributed by atoms with van der Waals surface area (Å²) in [6.07, 6.45) is 0.755. The molecule has 8 nitrogen and oxygen atoms in total. The van der Waals surface area contributed by atoms with E-state index in [1.54, 1.807) is 63.5 Å². The van der Waals surface area contributed by atoms with Crippen LogP contribution in [-0.4, -0.2) is 50.1 Å². The van der Waals surface area contributed by atoms with Crippen molar-refractivity contribution in [2.75, 3.05) is 32.6 Å².